The van der Waals surface area contributed by atoms with Crippen LogP contribution in [0.1, 0.15) is 65.2 Å². The maximum absolute atomic E-state index is 3.30. The minimum atomic E-state index is 0.842. The van der Waals surface area contributed by atoms with Crippen LogP contribution in [0.4, 0.5) is 0 Å². The lowest BCUT2D eigenvalue weighted by molar-refractivity contribution is 0.138. The molecule has 0 aromatic rings. The Kier molecular flexibility index (Phi) is 9.19. The largest absolute Gasteiger partial charge is 0.320 e. The van der Waals surface area contributed by atoms with Gasteiger partial charge in [-0.2, -0.15) is 0 Å². The molecule has 2 nitrogen and oxygen atoms in total. The monoisotopic (exact) mass is 266 g/mol. The SMILES string of the molecule is CC/C(C)=C/CCCCN1CCCCC1CCNC. The Morgan fingerprint density at radius 2 is 2.16 bits per heavy atom. The van der Waals surface area contributed by atoms with Gasteiger partial charge in [-0.15, -0.1) is 0 Å². The van der Waals surface area contributed by atoms with Crippen LogP contribution in [0.25, 0.3) is 0 Å². The highest BCUT2D eigenvalue weighted by Gasteiger charge is 2.20. The van der Waals surface area contributed by atoms with Gasteiger partial charge < -0.3 is 10.2 Å². The van der Waals surface area contributed by atoms with Crippen molar-refractivity contribution in [2.45, 2.75) is 71.3 Å². The Bertz CT molecular complexity index is 248. The molecular weight excluding hydrogens is 232 g/mol. The van der Waals surface area contributed by atoms with Gasteiger partial charge in [0.15, 0.2) is 0 Å². The number of hydrogen-bond donors (Lipinski definition) is 1. The average molecular weight is 266 g/mol. The van der Waals surface area contributed by atoms with Gasteiger partial charge >= 0.3 is 0 Å². The first-order valence-corrected chi connectivity index (χ1v) is 8.32. The lowest BCUT2D eigenvalue weighted by Gasteiger charge is -2.35. The average Bonchev–Trinajstić information content (AvgIpc) is 2.45. The van der Waals surface area contributed by atoms with Crippen molar-refractivity contribution >= 4 is 0 Å². The van der Waals surface area contributed by atoms with Gasteiger partial charge in [-0.3, -0.25) is 0 Å². The number of nitrogens with one attached hydrogen (secondary N) is 1. The second-order valence-electron chi connectivity index (χ2n) is 5.98. The van der Waals surface area contributed by atoms with Crippen molar-refractivity contribution in [3.05, 3.63) is 11.6 Å². The molecule has 0 aromatic heterocycles. The number of hydrogen-bond acceptors (Lipinski definition) is 2. The first-order chi connectivity index (χ1) is 9.27. The number of unbranched alkanes of at least 4 members (excludes halogenated alkanes) is 2. The van der Waals surface area contributed by atoms with E-state index in [0.717, 1.165) is 6.04 Å². The molecule has 0 bridgehead atoms. The predicted molar refractivity (Wildman–Crippen MR) is 85.7 cm³/mol. The molecule has 1 N–H and O–H groups in total. The quantitative estimate of drug-likeness (QED) is 0.502. The van der Waals surface area contributed by atoms with E-state index in [-0.39, 0.29) is 0 Å². The summed E-state index contributed by atoms with van der Waals surface area (Å²) in [5.74, 6) is 0. The second kappa shape index (κ2) is 10.4. The topological polar surface area (TPSA) is 15.3 Å². The van der Waals surface area contributed by atoms with Gasteiger partial charge in [0.05, 0.1) is 0 Å². The summed E-state index contributed by atoms with van der Waals surface area (Å²) in [7, 11) is 2.07. The van der Waals surface area contributed by atoms with Crippen LogP contribution in [0.2, 0.25) is 0 Å². The zero-order chi connectivity index (χ0) is 13.9. The molecule has 1 unspecified atom stereocenters. The Morgan fingerprint density at radius 1 is 1.32 bits per heavy atom. The molecule has 0 radical (unpaired) electrons. The fourth-order valence-corrected chi connectivity index (χ4v) is 2.94. The summed E-state index contributed by atoms with van der Waals surface area (Å²) in [6.45, 7) is 8.30. The fourth-order valence-electron chi connectivity index (χ4n) is 2.94. The normalized spacial score (nSPS) is 21.8. The van der Waals surface area contributed by atoms with Crippen molar-refractivity contribution in [1.29, 1.82) is 0 Å². The van der Waals surface area contributed by atoms with Crippen LogP contribution >= 0.6 is 0 Å². The molecule has 19 heavy (non-hydrogen) atoms. The minimum absolute atomic E-state index is 0.842. The molecule has 1 aliphatic heterocycles. The van der Waals surface area contributed by atoms with E-state index < -0.39 is 0 Å². The Hall–Kier alpha value is -0.340. The molecule has 1 rings (SSSR count). The number of likely N-dealkylation sites (tertiary alicyclic amines) is 1. The van der Waals surface area contributed by atoms with Crippen molar-refractivity contribution in [2.24, 2.45) is 0 Å². The van der Waals surface area contributed by atoms with Gasteiger partial charge in [0.2, 0.25) is 0 Å². The third-order valence-electron chi connectivity index (χ3n) is 4.43. The maximum atomic E-state index is 3.30. The van der Waals surface area contributed by atoms with E-state index in [4.69, 9.17) is 0 Å². The van der Waals surface area contributed by atoms with Gasteiger partial charge in [0.25, 0.3) is 0 Å². The molecule has 1 heterocycles. The van der Waals surface area contributed by atoms with E-state index in [1.165, 1.54) is 71.0 Å². The van der Waals surface area contributed by atoms with E-state index in [1.807, 2.05) is 0 Å². The highest BCUT2D eigenvalue weighted by Crippen LogP contribution is 2.20. The minimum Gasteiger partial charge on any atom is -0.320 e. The Morgan fingerprint density at radius 3 is 2.89 bits per heavy atom. The smallest absolute Gasteiger partial charge is 0.0107 e. The van der Waals surface area contributed by atoms with Gasteiger partial charge in [0.1, 0.15) is 0 Å². The van der Waals surface area contributed by atoms with Crippen LogP contribution in [0, 0.1) is 0 Å². The summed E-state index contributed by atoms with van der Waals surface area (Å²) < 4.78 is 0. The highest BCUT2D eigenvalue weighted by molar-refractivity contribution is 4.96. The van der Waals surface area contributed by atoms with E-state index in [9.17, 15) is 0 Å². The van der Waals surface area contributed by atoms with Gasteiger partial charge in [0, 0.05) is 6.04 Å². The summed E-state index contributed by atoms with van der Waals surface area (Å²) in [5.41, 5.74) is 1.55. The molecule has 0 aliphatic carbocycles. The van der Waals surface area contributed by atoms with Crippen molar-refractivity contribution < 1.29 is 0 Å². The lowest BCUT2D eigenvalue weighted by atomic mass is 9.98. The van der Waals surface area contributed by atoms with Crippen molar-refractivity contribution in [3.63, 3.8) is 0 Å². The molecule has 0 amide bonds. The molecule has 2 heteroatoms. The van der Waals surface area contributed by atoms with E-state index in [1.54, 1.807) is 5.57 Å². The first-order valence-electron chi connectivity index (χ1n) is 8.32. The third-order valence-corrected chi connectivity index (χ3v) is 4.43. The first kappa shape index (κ1) is 16.7. The van der Waals surface area contributed by atoms with Crippen molar-refractivity contribution in [3.8, 4) is 0 Å². The maximum Gasteiger partial charge on any atom is 0.0107 e. The molecule has 112 valence electrons. The zero-order valence-electron chi connectivity index (χ0n) is 13.4. The lowest BCUT2D eigenvalue weighted by Crippen LogP contribution is -2.41. The summed E-state index contributed by atoms with van der Waals surface area (Å²) >= 11 is 0. The molecule has 1 atom stereocenters. The molecule has 0 saturated carbocycles. The van der Waals surface area contributed by atoms with Crippen LogP contribution in [-0.2, 0) is 0 Å². The summed E-state index contributed by atoms with van der Waals surface area (Å²) in [4.78, 5) is 2.75. The molecule has 1 fully saturated rings. The van der Waals surface area contributed by atoms with Gasteiger partial charge in [-0.05, 0) is 78.6 Å². The van der Waals surface area contributed by atoms with E-state index >= 15 is 0 Å². The molecule has 0 aromatic carbocycles. The van der Waals surface area contributed by atoms with E-state index in [2.05, 4.69) is 37.2 Å². The zero-order valence-corrected chi connectivity index (χ0v) is 13.4. The standard InChI is InChI=1S/C17H34N2/c1-4-16(2)10-6-5-8-14-19-15-9-7-11-17(19)12-13-18-3/h10,17-18H,4-9,11-15H2,1-3H3/b16-10+. The molecule has 1 saturated heterocycles. The fraction of sp³-hybridized carbons (Fsp3) is 0.882. The number of nitrogens with zero attached hydrogens (tertiary/aromatic N) is 1. The predicted octanol–water partition coefficient (Wildman–Crippen LogP) is 3.98. The number of rotatable bonds is 9. The Balaban J connectivity index is 2.18. The second-order valence-corrected chi connectivity index (χ2v) is 5.98. The third kappa shape index (κ3) is 7.12. The summed E-state index contributed by atoms with van der Waals surface area (Å²) in [5, 5.41) is 3.30. The van der Waals surface area contributed by atoms with Crippen LogP contribution in [0.15, 0.2) is 11.6 Å². The number of allylic oxidation sites excluding steroid dienone is 2. The van der Waals surface area contributed by atoms with Crippen molar-refractivity contribution in [1.82, 2.24) is 10.2 Å². The number of piperidine rings is 1. The highest BCUT2D eigenvalue weighted by atomic mass is 15.2. The summed E-state index contributed by atoms with van der Waals surface area (Å²) in [6.07, 6.45) is 13.2. The van der Waals surface area contributed by atoms with Crippen LogP contribution in [-0.4, -0.2) is 37.6 Å². The van der Waals surface area contributed by atoms with Crippen LogP contribution in [0.5, 0.6) is 0 Å². The van der Waals surface area contributed by atoms with Gasteiger partial charge in [-0.1, -0.05) is 25.0 Å². The Labute approximate surface area is 120 Å². The van der Waals surface area contributed by atoms with Gasteiger partial charge in [-0.25, -0.2) is 0 Å². The van der Waals surface area contributed by atoms with E-state index in [0.29, 0.717) is 0 Å². The molecule has 0 spiro atoms. The summed E-state index contributed by atoms with van der Waals surface area (Å²) in [6, 6.07) is 0.842. The molecule has 1 aliphatic rings. The van der Waals surface area contributed by atoms with Crippen LogP contribution < -0.4 is 5.32 Å². The van der Waals surface area contributed by atoms with Crippen LogP contribution in [0.3, 0.4) is 0 Å². The van der Waals surface area contributed by atoms with Crippen molar-refractivity contribution in [2.75, 3.05) is 26.7 Å². The molecular formula is C17H34N2.